The van der Waals surface area contributed by atoms with Crippen molar-refractivity contribution in [3.05, 3.63) is 68.9 Å². The van der Waals surface area contributed by atoms with Gasteiger partial charge in [0.15, 0.2) is 0 Å². The van der Waals surface area contributed by atoms with Crippen molar-refractivity contribution in [1.29, 1.82) is 5.26 Å². The molecule has 3 aromatic rings. The van der Waals surface area contributed by atoms with Crippen molar-refractivity contribution in [2.24, 2.45) is 0 Å². The molecule has 0 aliphatic heterocycles. The maximum Gasteiger partial charge on any atom is 0.142 e. The van der Waals surface area contributed by atoms with Gasteiger partial charge in [0.2, 0.25) is 0 Å². The Morgan fingerprint density at radius 3 is 2.50 bits per heavy atom. The fourth-order valence-electron chi connectivity index (χ4n) is 2.37. The highest BCUT2D eigenvalue weighted by molar-refractivity contribution is 9.10. The highest BCUT2D eigenvalue weighted by Gasteiger charge is 2.14. The number of nitriles is 1. The summed E-state index contributed by atoms with van der Waals surface area (Å²) in [5, 5.41) is 9.43. The molecule has 2 N–H and O–H groups in total. The van der Waals surface area contributed by atoms with Crippen LogP contribution in [-0.2, 0) is 0 Å². The summed E-state index contributed by atoms with van der Waals surface area (Å²) >= 11 is 6.60. The Morgan fingerprint density at radius 2 is 1.83 bits per heavy atom. The topological polar surface area (TPSA) is 62.7 Å². The molecule has 6 heteroatoms. The van der Waals surface area contributed by atoms with E-state index in [1.807, 2.05) is 24.3 Å². The average molecular weight is 447 g/mol. The molecular weight excluding hydrogens is 437 g/mol. The van der Waals surface area contributed by atoms with Crippen molar-refractivity contribution in [1.82, 2.24) is 4.98 Å². The van der Waals surface area contributed by atoms with Crippen molar-refractivity contribution in [3.8, 4) is 28.5 Å². The van der Waals surface area contributed by atoms with Crippen LogP contribution in [0.1, 0.15) is 5.56 Å². The Kier molecular flexibility index (Phi) is 4.65. The van der Waals surface area contributed by atoms with E-state index in [1.54, 1.807) is 18.2 Å². The van der Waals surface area contributed by atoms with Gasteiger partial charge >= 0.3 is 0 Å². The van der Waals surface area contributed by atoms with Crippen molar-refractivity contribution >= 4 is 37.7 Å². The molecule has 0 radical (unpaired) electrons. The highest BCUT2D eigenvalue weighted by Crippen LogP contribution is 2.33. The molecule has 0 aliphatic rings. The van der Waals surface area contributed by atoms with Gasteiger partial charge in [-0.2, -0.15) is 5.26 Å². The molecule has 0 saturated heterocycles. The lowest BCUT2D eigenvalue weighted by Crippen LogP contribution is -2.00. The lowest BCUT2D eigenvalue weighted by atomic mass is 9.98. The molecule has 0 aliphatic carbocycles. The first-order valence-electron chi connectivity index (χ1n) is 6.91. The number of anilines is 1. The first kappa shape index (κ1) is 16.6. The maximum absolute atomic E-state index is 13.5. The number of hydrogen-bond donors (Lipinski definition) is 1. The summed E-state index contributed by atoms with van der Waals surface area (Å²) in [7, 11) is 0. The molecule has 3 nitrogen and oxygen atoms in total. The van der Waals surface area contributed by atoms with Gasteiger partial charge in [0, 0.05) is 15.6 Å². The lowest BCUT2D eigenvalue weighted by Gasteiger charge is -2.11. The zero-order valence-corrected chi connectivity index (χ0v) is 15.4. The van der Waals surface area contributed by atoms with E-state index >= 15 is 0 Å². The van der Waals surface area contributed by atoms with Gasteiger partial charge in [-0.15, -0.1) is 0 Å². The van der Waals surface area contributed by atoms with Crippen LogP contribution in [0.3, 0.4) is 0 Å². The number of benzene rings is 2. The standard InChI is InChI=1S/C18H10Br2FN3/c19-12-3-1-2-11(6-12)17-8-13(14(9-22)18(23)24-17)10-4-5-16(21)15(20)7-10/h1-8H,(H2,23,24). The average Bonchev–Trinajstić information content (AvgIpc) is 2.56. The van der Waals surface area contributed by atoms with E-state index in [0.717, 1.165) is 10.0 Å². The second-order valence-electron chi connectivity index (χ2n) is 5.07. The third-order valence-corrected chi connectivity index (χ3v) is 4.61. The normalized spacial score (nSPS) is 10.4. The van der Waals surface area contributed by atoms with Crippen LogP contribution in [-0.4, -0.2) is 4.98 Å². The number of nitrogens with zero attached hydrogens (tertiary/aromatic N) is 2. The fraction of sp³-hybridized carbons (Fsp3) is 0. The number of nitrogen functional groups attached to an aromatic ring is 1. The van der Waals surface area contributed by atoms with Crippen LogP contribution < -0.4 is 5.73 Å². The second-order valence-corrected chi connectivity index (χ2v) is 6.84. The van der Waals surface area contributed by atoms with Crippen LogP contribution in [0, 0.1) is 17.1 Å². The first-order valence-corrected chi connectivity index (χ1v) is 8.50. The molecule has 0 atom stereocenters. The largest absolute Gasteiger partial charge is 0.383 e. The molecule has 1 heterocycles. The van der Waals surface area contributed by atoms with Gasteiger partial charge in [-0.1, -0.05) is 34.1 Å². The lowest BCUT2D eigenvalue weighted by molar-refractivity contribution is 0.621. The predicted molar refractivity (Wildman–Crippen MR) is 99.6 cm³/mol. The van der Waals surface area contributed by atoms with E-state index < -0.39 is 0 Å². The molecule has 0 saturated carbocycles. The zero-order chi connectivity index (χ0) is 17.3. The van der Waals surface area contributed by atoms with E-state index in [-0.39, 0.29) is 17.2 Å². The van der Waals surface area contributed by atoms with Gasteiger partial charge in [-0.25, -0.2) is 9.37 Å². The van der Waals surface area contributed by atoms with E-state index in [1.165, 1.54) is 6.07 Å². The van der Waals surface area contributed by atoms with Gasteiger partial charge in [0.05, 0.1) is 10.2 Å². The number of pyridine rings is 1. The van der Waals surface area contributed by atoms with E-state index in [0.29, 0.717) is 21.3 Å². The molecule has 0 amide bonds. The fourth-order valence-corrected chi connectivity index (χ4v) is 3.15. The Balaban J connectivity index is 2.24. The molecule has 0 spiro atoms. The van der Waals surface area contributed by atoms with Crippen LogP contribution in [0.2, 0.25) is 0 Å². The molecule has 0 bridgehead atoms. The summed E-state index contributed by atoms with van der Waals surface area (Å²) in [6, 6.07) is 16.1. The molecule has 24 heavy (non-hydrogen) atoms. The minimum Gasteiger partial charge on any atom is -0.383 e. The Morgan fingerprint density at radius 1 is 1.04 bits per heavy atom. The number of aromatic nitrogens is 1. The number of halogens is 3. The quantitative estimate of drug-likeness (QED) is 0.562. The molecule has 3 rings (SSSR count). The van der Waals surface area contributed by atoms with Crippen molar-refractivity contribution < 1.29 is 4.39 Å². The van der Waals surface area contributed by atoms with E-state index in [4.69, 9.17) is 5.73 Å². The van der Waals surface area contributed by atoms with Crippen molar-refractivity contribution in [2.45, 2.75) is 0 Å². The Hall–Kier alpha value is -2.23. The monoisotopic (exact) mass is 445 g/mol. The summed E-state index contributed by atoms with van der Waals surface area (Å²) in [5.74, 6) is -0.225. The molecule has 0 unspecified atom stereocenters. The molecule has 0 fully saturated rings. The van der Waals surface area contributed by atoms with Gasteiger partial charge in [0.25, 0.3) is 0 Å². The molecular formula is C18H10Br2FN3. The number of hydrogen-bond acceptors (Lipinski definition) is 3. The summed E-state index contributed by atoms with van der Waals surface area (Å²) in [6.45, 7) is 0. The summed E-state index contributed by atoms with van der Waals surface area (Å²) in [6.07, 6.45) is 0. The summed E-state index contributed by atoms with van der Waals surface area (Å²) in [5.41, 5.74) is 9.06. The predicted octanol–water partition coefficient (Wildman–Crippen LogP) is 5.53. The SMILES string of the molecule is N#Cc1c(-c2ccc(F)c(Br)c2)cc(-c2cccc(Br)c2)nc1N. The summed E-state index contributed by atoms with van der Waals surface area (Å²) in [4.78, 5) is 4.33. The minimum absolute atomic E-state index is 0.144. The van der Waals surface area contributed by atoms with Crippen LogP contribution in [0.15, 0.2) is 57.5 Å². The molecule has 118 valence electrons. The third kappa shape index (κ3) is 3.18. The number of nitrogens with two attached hydrogens (primary N) is 1. The van der Waals surface area contributed by atoms with Crippen LogP contribution >= 0.6 is 31.9 Å². The van der Waals surface area contributed by atoms with Gasteiger partial charge in [0.1, 0.15) is 23.3 Å². The maximum atomic E-state index is 13.5. The zero-order valence-electron chi connectivity index (χ0n) is 12.2. The third-order valence-electron chi connectivity index (χ3n) is 3.51. The summed E-state index contributed by atoms with van der Waals surface area (Å²) < 4.78 is 14.7. The van der Waals surface area contributed by atoms with Gasteiger partial charge < -0.3 is 5.73 Å². The minimum atomic E-state index is -0.369. The highest BCUT2D eigenvalue weighted by atomic mass is 79.9. The smallest absolute Gasteiger partial charge is 0.142 e. The Bertz CT molecular complexity index is 980. The first-order chi connectivity index (χ1) is 11.5. The molecule has 1 aromatic heterocycles. The van der Waals surface area contributed by atoms with E-state index in [2.05, 4.69) is 42.9 Å². The van der Waals surface area contributed by atoms with Crippen LogP contribution in [0.5, 0.6) is 0 Å². The van der Waals surface area contributed by atoms with Crippen molar-refractivity contribution in [2.75, 3.05) is 5.73 Å². The van der Waals surface area contributed by atoms with Gasteiger partial charge in [-0.05, 0) is 51.8 Å². The van der Waals surface area contributed by atoms with E-state index in [9.17, 15) is 9.65 Å². The van der Waals surface area contributed by atoms with Crippen LogP contribution in [0.4, 0.5) is 10.2 Å². The second kappa shape index (κ2) is 6.71. The van der Waals surface area contributed by atoms with Gasteiger partial charge in [-0.3, -0.25) is 0 Å². The number of rotatable bonds is 2. The van der Waals surface area contributed by atoms with Crippen LogP contribution in [0.25, 0.3) is 22.4 Å². The van der Waals surface area contributed by atoms with Crippen molar-refractivity contribution in [3.63, 3.8) is 0 Å². The Labute approximate surface area is 155 Å². The molecule has 2 aromatic carbocycles.